The maximum Gasteiger partial charge on any atom is 0.279 e. The molecule has 0 bridgehead atoms. The van der Waals surface area contributed by atoms with Gasteiger partial charge in [0.25, 0.3) is 5.91 Å². The summed E-state index contributed by atoms with van der Waals surface area (Å²) in [6.45, 7) is 2.51. The summed E-state index contributed by atoms with van der Waals surface area (Å²) in [4.78, 5) is 18.4. The van der Waals surface area contributed by atoms with Crippen LogP contribution in [0.25, 0.3) is 21.0 Å². The molecule has 1 aromatic heterocycles. The number of thiazole rings is 1. The molecule has 27 heavy (non-hydrogen) atoms. The highest BCUT2D eigenvalue weighted by molar-refractivity contribution is 7.18. The van der Waals surface area contributed by atoms with E-state index in [4.69, 9.17) is 4.98 Å². The Balaban J connectivity index is 1.43. The fraction of sp³-hybridized carbons (Fsp3) is 0.182. The first-order chi connectivity index (χ1) is 13.1. The number of nitrogens with zero attached hydrogens (tertiary/aromatic N) is 1. The van der Waals surface area contributed by atoms with E-state index < -0.39 is 0 Å². The van der Waals surface area contributed by atoms with E-state index in [0.717, 1.165) is 26.5 Å². The second-order valence-corrected chi connectivity index (χ2v) is 7.94. The van der Waals surface area contributed by atoms with Gasteiger partial charge in [-0.2, -0.15) is 0 Å². The minimum absolute atomic E-state index is 0.00995. The van der Waals surface area contributed by atoms with Gasteiger partial charge in [0.15, 0.2) is 11.6 Å². The number of benzene rings is 3. The van der Waals surface area contributed by atoms with Gasteiger partial charge in [-0.1, -0.05) is 42.5 Å². The van der Waals surface area contributed by atoms with Gasteiger partial charge in [-0.3, -0.25) is 4.79 Å². The van der Waals surface area contributed by atoms with Crippen molar-refractivity contribution >= 4 is 43.9 Å². The molecule has 1 amide bonds. The van der Waals surface area contributed by atoms with Gasteiger partial charge in [0.2, 0.25) is 0 Å². The fourth-order valence-corrected chi connectivity index (χ4v) is 4.28. The number of hydrogen-bond donors (Lipinski definition) is 2. The number of fused-ring (bicyclic) bond motifs is 2. The Morgan fingerprint density at radius 3 is 2.63 bits per heavy atom. The van der Waals surface area contributed by atoms with Gasteiger partial charge in [-0.05, 0) is 42.0 Å². The van der Waals surface area contributed by atoms with Gasteiger partial charge in [-0.25, -0.2) is 4.98 Å². The molecule has 5 heteroatoms. The van der Waals surface area contributed by atoms with Crippen LogP contribution in [0.3, 0.4) is 0 Å². The number of aromatic nitrogens is 1. The summed E-state index contributed by atoms with van der Waals surface area (Å²) in [7, 11) is 2.04. The van der Waals surface area contributed by atoms with Gasteiger partial charge in [0, 0.05) is 5.69 Å². The van der Waals surface area contributed by atoms with Crippen molar-refractivity contribution in [2.24, 2.45) is 0 Å². The predicted molar refractivity (Wildman–Crippen MR) is 112 cm³/mol. The highest BCUT2D eigenvalue weighted by Crippen LogP contribution is 2.24. The predicted octanol–water partition coefficient (Wildman–Crippen LogP) is 3.66. The lowest BCUT2D eigenvalue weighted by Crippen LogP contribution is -3.10. The second kappa shape index (κ2) is 7.47. The van der Waals surface area contributed by atoms with Crippen molar-refractivity contribution in [3.63, 3.8) is 0 Å². The van der Waals surface area contributed by atoms with Gasteiger partial charge in [-0.15, -0.1) is 11.3 Å². The first-order valence-electron chi connectivity index (χ1n) is 9.06. The summed E-state index contributed by atoms with van der Waals surface area (Å²) in [6, 6.07) is 22.5. The van der Waals surface area contributed by atoms with Crippen LogP contribution in [0, 0.1) is 0 Å². The molecule has 0 aliphatic rings. The summed E-state index contributed by atoms with van der Waals surface area (Å²) < 4.78 is 1.19. The second-order valence-electron chi connectivity index (χ2n) is 6.87. The molecule has 4 rings (SSSR count). The van der Waals surface area contributed by atoms with Crippen LogP contribution in [-0.4, -0.2) is 24.5 Å². The Labute approximate surface area is 162 Å². The maximum atomic E-state index is 12.5. The van der Waals surface area contributed by atoms with Crippen LogP contribution in [0.2, 0.25) is 0 Å². The molecule has 3 aromatic carbocycles. The van der Waals surface area contributed by atoms with Crippen molar-refractivity contribution in [3.05, 3.63) is 71.7 Å². The van der Waals surface area contributed by atoms with E-state index in [1.165, 1.54) is 10.1 Å². The number of carbonyl (C=O) groups excluding carboxylic acids is 1. The molecular weight excluding hydrogens is 354 g/mol. The zero-order chi connectivity index (χ0) is 18.8. The van der Waals surface area contributed by atoms with Crippen molar-refractivity contribution in [1.29, 1.82) is 0 Å². The third kappa shape index (κ3) is 3.84. The lowest BCUT2D eigenvalue weighted by molar-refractivity contribution is -0.902. The molecule has 0 radical (unpaired) electrons. The molecule has 0 spiro atoms. The van der Waals surface area contributed by atoms with Crippen LogP contribution in [0.15, 0.2) is 66.7 Å². The summed E-state index contributed by atoms with van der Waals surface area (Å²) in [5.41, 5.74) is 1.86. The molecule has 0 aliphatic carbocycles. The smallest absolute Gasteiger partial charge is 0.279 e. The summed E-state index contributed by atoms with van der Waals surface area (Å²) in [5, 5.41) is 6.38. The van der Waals surface area contributed by atoms with Crippen molar-refractivity contribution < 1.29 is 9.69 Å². The largest absolute Gasteiger partial charge is 0.322 e. The highest BCUT2D eigenvalue weighted by Gasteiger charge is 2.22. The van der Waals surface area contributed by atoms with Crippen LogP contribution in [0.1, 0.15) is 18.0 Å². The van der Waals surface area contributed by atoms with Crippen molar-refractivity contribution in [3.8, 4) is 0 Å². The average Bonchev–Trinajstić information content (AvgIpc) is 3.11. The van der Waals surface area contributed by atoms with Crippen LogP contribution >= 0.6 is 11.3 Å². The number of rotatable bonds is 5. The number of quaternary nitrogens is 1. The van der Waals surface area contributed by atoms with Crippen LogP contribution in [0.4, 0.5) is 5.69 Å². The minimum atomic E-state index is 0.00995. The number of anilines is 1. The molecule has 0 fully saturated rings. The SMILES string of the molecule is C[C@@H](c1nc2ccccc2s1)[NH+](C)CC(=O)Nc1ccc2ccccc2c1. The Bertz CT molecular complexity index is 1070. The average molecular weight is 377 g/mol. The molecule has 1 unspecified atom stereocenters. The number of amides is 1. The number of carbonyl (C=O) groups is 1. The highest BCUT2D eigenvalue weighted by atomic mass is 32.1. The van der Waals surface area contributed by atoms with Crippen molar-refractivity contribution in [2.75, 3.05) is 18.9 Å². The number of nitrogens with one attached hydrogen (secondary N) is 2. The van der Waals surface area contributed by atoms with E-state index >= 15 is 0 Å². The first kappa shape index (κ1) is 17.6. The Hall–Kier alpha value is -2.76. The van der Waals surface area contributed by atoms with Crippen LogP contribution in [-0.2, 0) is 4.79 Å². The van der Waals surface area contributed by atoms with Gasteiger partial charge in [0.1, 0.15) is 6.04 Å². The normalized spacial score (nSPS) is 13.6. The zero-order valence-electron chi connectivity index (χ0n) is 15.4. The molecule has 0 saturated carbocycles. The molecule has 4 aromatic rings. The molecular formula is C22H22N3OS+. The number of hydrogen-bond acceptors (Lipinski definition) is 3. The minimum Gasteiger partial charge on any atom is -0.322 e. The van der Waals surface area contributed by atoms with Gasteiger partial charge >= 0.3 is 0 Å². The summed E-state index contributed by atoms with van der Waals surface area (Å²) in [5.74, 6) is 0.00995. The third-order valence-corrected chi connectivity index (χ3v) is 6.11. The molecule has 0 saturated heterocycles. The van der Waals surface area contributed by atoms with E-state index in [2.05, 4.69) is 30.4 Å². The topological polar surface area (TPSA) is 46.4 Å². The third-order valence-electron chi connectivity index (χ3n) is 4.89. The number of likely N-dealkylation sites (N-methyl/N-ethyl adjacent to an activating group) is 1. The molecule has 1 heterocycles. The monoisotopic (exact) mass is 376 g/mol. The van der Waals surface area contributed by atoms with E-state index in [1.54, 1.807) is 11.3 Å². The Morgan fingerprint density at radius 2 is 1.81 bits per heavy atom. The molecule has 136 valence electrons. The quantitative estimate of drug-likeness (QED) is 0.558. The van der Waals surface area contributed by atoms with Crippen molar-refractivity contribution in [2.45, 2.75) is 13.0 Å². The lowest BCUT2D eigenvalue weighted by atomic mass is 10.1. The van der Waals surface area contributed by atoms with Crippen LogP contribution in [0.5, 0.6) is 0 Å². The van der Waals surface area contributed by atoms with Crippen molar-refractivity contribution in [1.82, 2.24) is 4.98 Å². The molecule has 4 nitrogen and oxygen atoms in total. The summed E-state index contributed by atoms with van der Waals surface area (Å²) >= 11 is 1.70. The van der Waals surface area contributed by atoms with Crippen LogP contribution < -0.4 is 10.2 Å². The van der Waals surface area contributed by atoms with Gasteiger partial charge in [0.05, 0.1) is 17.3 Å². The Morgan fingerprint density at radius 1 is 1.07 bits per heavy atom. The number of para-hydroxylation sites is 1. The summed E-state index contributed by atoms with van der Waals surface area (Å²) in [6.07, 6.45) is 0. The standard InChI is InChI=1S/C22H21N3OS/c1-15(22-24-19-9-5-6-10-20(19)27-22)25(2)14-21(26)23-18-12-11-16-7-3-4-8-17(16)13-18/h3-13,15H,14H2,1-2H3,(H,23,26)/p+1/t15-/m0/s1. The fourth-order valence-electron chi connectivity index (χ4n) is 3.16. The molecule has 2 atom stereocenters. The van der Waals surface area contributed by atoms with E-state index in [0.29, 0.717) is 6.54 Å². The van der Waals surface area contributed by atoms with E-state index in [9.17, 15) is 4.79 Å². The Kier molecular flexibility index (Phi) is 4.88. The zero-order valence-corrected chi connectivity index (χ0v) is 16.2. The lowest BCUT2D eigenvalue weighted by Gasteiger charge is -2.19. The molecule has 2 N–H and O–H groups in total. The molecule has 0 aliphatic heterocycles. The first-order valence-corrected chi connectivity index (χ1v) is 9.88. The van der Waals surface area contributed by atoms with E-state index in [1.807, 2.05) is 55.6 Å². The van der Waals surface area contributed by atoms with E-state index in [-0.39, 0.29) is 11.9 Å². The van der Waals surface area contributed by atoms with Gasteiger partial charge < -0.3 is 10.2 Å². The maximum absolute atomic E-state index is 12.5.